The van der Waals surface area contributed by atoms with Crippen LogP contribution >= 0.6 is 0 Å². The maximum atomic E-state index is 12.5. The Bertz CT molecular complexity index is 1270. The summed E-state index contributed by atoms with van der Waals surface area (Å²) in [6.45, 7) is 2.07. The van der Waals surface area contributed by atoms with Gasteiger partial charge in [0.15, 0.2) is 23.0 Å². The quantitative estimate of drug-likeness (QED) is 0.459. The van der Waals surface area contributed by atoms with E-state index in [1.165, 1.54) is 0 Å². The number of rotatable bonds is 5. The predicted octanol–water partition coefficient (Wildman–Crippen LogP) is 3.55. The van der Waals surface area contributed by atoms with Gasteiger partial charge in [0, 0.05) is 16.8 Å². The molecule has 0 saturated carbocycles. The summed E-state index contributed by atoms with van der Waals surface area (Å²) in [7, 11) is 0. The van der Waals surface area contributed by atoms with Gasteiger partial charge >= 0.3 is 0 Å². The van der Waals surface area contributed by atoms with Gasteiger partial charge in [-0.1, -0.05) is 12.1 Å². The van der Waals surface area contributed by atoms with Crippen molar-refractivity contribution < 1.29 is 28.5 Å². The van der Waals surface area contributed by atoms with Crippen molar-refractivity contribution in [2.75, 3.05) is 18.9 Å². The second kappa shape index (κ2) is 8.54. The molecule has 2 heterocycles. The molecule has 2 amide bonds. The topological polar surface area (TPSA) is 107 Å². The lowest BCUT2D eigenvalue weighted by Crippen LogP contribution is -2.19. The van der Waals surface area contributed by atoms with Crippen LogP contribution in [0.3, 0.4) is 0 Å². The van der Waals surface area contributed by atoms with E-state index in [2.05, 4.69) is 15.8 Å². The zero-order valence-electron chi connectivity index (χ0n) is 17.6. The summed E-state index contributed by atoms with van der Waals surface area (Å²) in [5.74, 6) is 1.69. The molecule has 166 valence electrons. The van der Waals surface area contributed by atoms with E-state index >= 15 is 0 Å². The average molecular weight is 445 g/mol. The summed E-state index contributed by atoms with van der Waals surface area (Å²) >= 11 is 0. The minimum absolute atomic E-state index is 0.144. The van der Waals surface area contributed by atoms with E-state index in [0.717, 1.165) is 5.56 Å². The second-order valence-electron chi connectivity index (χ2n) is 7.31. The minimum atomic E-state index is -0.361. The molecule has 0 aliphatic carbocycles. The summed E-state index contributed by atoms with van der Waals surface area (Å²) in [6.07, 6.45) is 0. The van der Waals surface area contributed by atoms with Crippen molar-refractivity contribution in [3.8, 4) is 23.0 Å². The number of carbonyl (C=O) groups is 2. The molecule has 0 radical (unpaired) electrons. The third kappa shape index (κ3) is 4.29. The number of fused-ring (bicyclic) bond motifs is 2. The first-order valence-corrected chi connectivity index (χ1v) is 10.1. The number of benzene rings is 3. The minimum Gasteiger partial charge on any atom is -0.454 e. The largest absolute Gasteiger partial charge is 0.454 e. The first-order chi connectivity index (χ1) is 16.1. The molecule has 2 N–H and O–H groups in total. The summed E-state index contributed by atoms with van der Waals surface area (Å²) in [4.78, 5) is 24.9. The van der Waals surface area contributed by atoms with Crippen molar-refractivity contribution in [2.45, 2.75) is 6.92 Å². The van der Waals surface area contributed by atoms with E-state index in [9.17, 15) is 9.59 Å². The highest BCUT2D eigenvalue weighted by atomic mass is 16.7. The zero-order chi connectivity index (χ0) is 22.8. The van der Waals surface area contributed by atoms with Gasteiger partial charge in [-0.3, -0.25) is 9.59 Å². The molecule has 9 heteroatoms. The van der Waals surface area contributed by atoms with Crippen molar-refractivity contribution >= 4 is 23.2 Å². The molecule has 0 atom stereocenters. The van der Waals surface area contributed by atoms with E-state index in [-0.39, 0.29) is 25.4 Å². The lowest BCUT2D eigenvalue weighted by Gasteiger charge is -2.08. The molecule has 0 spiro atoms. The summed E-state index contributed by atoms with van der Waals surface area (Å²) in [5, 5.41) is 7.01. The lowest BCUT2D eigenvalue weighted by molar-refractivity contribution is 0.0953. The number of nitrogens with zero attached hydrogens (tertiary/aromatic N) is 1. The molecule has 0 aromatic heterocycles. The molecule has 0 saturated heterocycles. The smallest absolute Gasteiger partial charge is 0.271 e. The Morgan fingerprint density at radius 3 is 1.82 bits per heavy atom. The van der Waals surface area contributed by atoms with E-state index < -0.39 is 0 Å². The molecule has 5 rings (SSSR count). The van der Waals surface area contributed by atoms with Crippen LogP contribution in [0.15, 0.2) is 65.8 Å². The van der Waals surface area contributed by atoms with Gasteiger partial charge in [-0.05, 0) is 61.0 Å². The fourth-order valence-corrected chi connectivity index (χ4v) is 3.34. The third-order valence-electron chi connectivity index (χ3n) is 5.16. The maximum absolute atomic E-state index is 12.5. The maximum Gasteiger partial charge on any atom is 0.271 e. The molecule has 0 bridgehead atoms. The second-order valence-corrected chi connectivity index (χ2v) is 7.31. The van der Waals surface area contributed by atoms with Gasteiger partial charge in [0.25, 0.3) is 11.8 Å². The summed E-state index contributed by atoms with van der Waals surface area (Å²) in [6, 6.07) is 17.1. The standard InChI is InChI=1S/C24H19N3O6/c1-14(26-27-24(29)17-5-9-20-22(11-17)33-13-31-20)15-2-6-18(7-3-15)25-23(28)16-4-8-19-21(10-16)32-12-30-19/h2-11H,12-13H2,1H3,(H,25,28)(H,27,29)/b26-14-. The molecule has 0 fully saturated rings. The van der Waals surface area contributed by atoms with E-state index in [0.29, 0.717) is 45.5 Å². The highest BCUT2D eigenvalue weighted by Crippen LogP contribution is 2.33. The van der Waals surface area contributed by atoms with E-state index in [4.69, 9.17) is 18.9 Å². The molecule has 9 nitrogen and oxygen atoms in total. The van der Waals surface area contributed by atoms with Gasteiger partial charge in [-0.25, -0.2) is 5.43 Å². The number of carbonyl (C=O) groups excluding carboxylic acids is 2. The van der Waals surface area contributed by atoms with Crippen molar-refractivity contribution in [1.82, 2.24) is 5.43 Å². The van der Waals surface area contributed by atoms with Crippen LogP contribution in [0.4, 0.5) is 5.69 Å². The fourth-order valence-electron chi connectivity index (χ4n) is 3.34. The Morgan fingerprint density at radius 2 is 1.21 bits per heavy atom. The van der Waals surface area contributed by atoms with Crippen LogP contribution in [-0.4, -0.2) is 31.1 Å². The summed E-state index contributed by atoms with van der Waals surface area (Å²) < 4.78 is 21.1. The van der Waals surface area contributed by atoms with Crippen LogP contribution in [0, 0.1) is 0 Å². The molecule has 2 aliphatic rings. The molecular formula is C24H19N3O6. The van der Waals surface area contributed by atoms with Gasteiger partial charge in [-0.15, -0.1) is 0 Å². The third-order valence-corrected chi connectivity index (χ3v) is 5.16. The molecule has 0 unspecified atom stereocenters. The molecule has 3 aromatic carbocycles. The Balaban J connectivity index is 1.21. The molecular weight excluding hydrogens is 426 g/mol. The van der Waals surface area contributed by atoms with Crippen molar-refractivity contribution in [3.05, 3.63) is 77.4 Å². The Kier molecular flexibility index (Phi) is 5.27. The number of nitrogens with one attached hydrogen (secondary N) is 2. The first kappa shape index (κ1) is 20.4. The monoisotopic (exact) mass is 445 g/mol. The average Bonchev–Trinajstić information content (AvgIpc) is 3.51. The van der Waals surface area contributed by atoms with Gasteiger partial charge in [0.2, 0.25) is 13.6 Å². The number of hydrazone groups is 1. The van der Waals surface area contributed by atoms with Crippen LogP contribution in [0.2, 0.25) is 0 Å². The number of hydrogen-bond acceptors (Lipinski definition) is 7. The van der Waals surface area contributed by atoms with Gasteiger partial charge in [0.05, 0.1) is 5.71 Å². The SMILES string of the molecule is C/C(=N/NC(=O)c1ccc2c(c1)OCO2)c1ccc(NC(=O)c2ccc3c(c2)OCO3)cc1. The summed E-state index contributed by atoms with van der Waals surface area (Å²) in [5.41, 5.74) is 5.44. The Hall–Kier alpha value is -4.53. The Labute approximate surface area is 188 Å². The fraction of sp³-hybridized carbons (Fsp3) is 0.125. The van der Waals surface area contributed by atoms with E-state index in [1.54, 1.807) is 67.6 Å². The van der Waals surface area contributed by atoms with Crippen molar-refractivity contribution in [2.24, 2.45) is 5.10 Å². The van der Waals surface area contributed by atoms with Gasteiger partial charge in [0.1, 0.15) is 0 Å². The van der Waals surface area contributed by atoms with Crippen LogP contribution in [0.25, 0.3) is 0 Å². The van der Waals surface area contributed by atoms with Crippen LogP contribution < -0.4 is 29.7 Å². The number of hydrogen-bond donors (Lipinski definition) is 2. The predicted molar refractivity (Wildman–Crippen MR) is 119 cm³/mol. The highest BCUT2D eigenvalue weighted by molar-refractivity contribution is 6.05. The number of ether oxygens (including phenoxy) is 4. The van der Waals surface area contributed by atoms with Crippen LogP contribution in [-0.2, 0) is 0 Å². The van der Waals surface area contributed by atoms with Crippen molar-refractivity contribution in [3.63, 3.8) is 0 Å². The van der Waals surface area contributed by atoms with E-state index in [1.807, 2.05) is 0 Å². The normalized spacial score (nSPS) is 13.5. The number of anilines is 1. The molecule has 2 aliphatic heterocycles. The van der Waals surface area contributed by atoms with Crippen LogP contribution in [0.1, 0.15) is 33.2 Å². The van der Waals surface area contributed by atoms with Gasteiger partial charge < -0.3 is 24.3 Å². The first-order valence-electron chi connectivity index (χ1n) is 10.1. The molecule has 3 aromatic rings. The Morgan fingerprint density at radius 1 is 0.697 bits per heavy atom. The molecule has 33 heavy (non-hydrogen) atoms. The van der Waals surface area contributed by atoms with Gasteiger partial charge in [-0.2, -0.15) is 5.10 Å². The number of amides is 2. The van der Waals surface area contributed by atoms with Crippen molar-refractivity contribution in [1.29, 1.82) is 0 Å². The zero-order valence-corrected chi connectivity index (χ0v) is 17.6. The van der Waals surface area contributed by atoms with Crippen LogP contribution in [0.5, 0.6) is 23.0 Å². The lowest BCUT2D eigenvalue weighted by atomic mass is 10.1. The highest BCUT2D eigenvalue weighted by Gasteiger charge is 2.17.